The number of anilines is 1. The quantitative estimate of drug-likeness (QED) is 0.672. The van der Waals surface area contributed by atoms with Crippen LogP contribution in [0.15, 0.2) is 39.8 Å². The Labute approximate surface area is 176 Å². The van der Waals surface area contributed by atoms with Crippen LogP contribution in [0.1, 0.15) is 23.3 Å². The van der Waals surface area contributed by atoms with Gasteiger partial charge in [0.1, 0.15) is 16.4 Å². The maximum Gasteiger partial charge on any atom is 0.265 e. The lowest BCUT2D eigenvalue weighted by atomic mass is 9.97. The number of carbonyl (C=O) groups excluding carboxylic acids is 2. The summed E-state index contributed by atoms with van der Waals surface area (Å²) < 4.78 is 42.8. The molecule has 11 heteroatoms. The molecule has 3 rings (SSSR count). The van der Waals surface area contributed by atoms with Crippen LogP contribution in [0.3, 0.4) is 0 Å². The number of primary amides is 1. The van der Waals surface area contributed by atoms with E-state index in [4.69, 9.17) is 5.73 Å². The minimum absolute atomic E-state index is 0.0198. The third-order valence-corrected chi connectivity index (χ3v) is 7.24. The largest absolute Gasteiger partial charge is 0.364 e. The molecule has 0 atom stereocenters. The lowest BCUT2D eigenvalue weighted by molar-refractivity contribution is -0.120. The van der Waals surface area contributed by atoms with Crippen molar-refractivity contribution in [3.05, 3.63) is 46.4 Å². The fourth-order valence-electron chi connectivity index (χ4n) is 3.25. The van der Waals surface area contributed by atoms with Crippen LogP contribution in [0, 0.1) is 11.7 Å². The van der Waals surface area contributed by atoms with Gasteiger partial charge in [-0.15, -0.1) is 0 Å². The molecule has 0 saturated carbocycles. The van der Waals surface area contributed by atoms with E-state index in [0.29, 0.717) is 17.3 Å². The SMILES string of the molecule is Cn1cc(S(=O)(=O)N2CCC(C(=O)Nc3ccc(Br)cc3F)CC2)cc1C(N)=O. The molecule has 2 amide bonds. The van der Waals surface area contributed by atoms with Crippen LogP contribution in [0.4, 0.5) is 10.1 Å². The highest BCUT2D eigenvalue weighted by Crippen LogP contribution is 2.27. The van der Waals surface area contributed by atoms with Crippen LogP contribution in [0.25, 0.3) is 0 Å². The summed E-state index contributed by atoms with van der Waals surface area (Å²) in [6, 6.07) is 5.58. The highest BCUT2D eigenvalue weighted by molar-refractivity contribution is 9.10. The Morgan fingerprint density at radius 1 is 1.24 bits per heavy atom. The number of hydrogen-bond donors (Lipinski definition) is 2. The lowest BCUT2D eigenvalue weighted by Crippen LogP contribution is -2.41. The molecular formula is C18H20BrFN4O4S. The van der Waals surface area contributed by atoms with Crippen molar-refractivity contribution in [1.29, 1.82) is 0 Å². The summed E-state index contributed by atoms with van der Waals surface area (Å²) in [5.41, 5.74) is 5.41. The maximum absolute atomic E-state index is 13.9. The molecule has 1 saturated heterocycles. The topological polar surface area (TPSA) is 114 Å². The normalized spacial score (nSPS) is 16.0. The van der Waals surface area contributed by atoms with Crippen LogP contribution in [-0.2, 0) is 21.9 Å². The Balaban J connectivity index is 1.65. The highest BCUT2D eigenvalue weighted by atomic mass is 79.9. The highest BCUT2D eigenvalue weighted by Gasteiger charge is 2.33. The number of benzene rings is 1. The van der Waals surface area contributed by atoms with Crippen molar-refractivity contribution in [1.82, 2.24) is 8.87 Å². The number of nitrogens with one attached hydrogen (secondary N) is 1. The van der Waals surface area contributed by atoms with Gasteiger partial charge in [0.15, 0.2) is 0 Å². The summed E-state index contributed by atoms with van der Waals surface area (Å²) in [7, 11) is -2.27. The molecule has 3 N–H and O–H groups in total. The van der Waals surface area contributed by atoms with Gasteiger partial charge in [-0.3, -0.25) is 9.59 Å². The van der Waals surface area contributed by atoms with Gasteiger partial charge in [-0.25, -0.2) is 12.8 Å². The molecule has 156 valence electrons. The van der Waals surface area contributed by atoms with Crippen LogP contribution in [-0.4, -0.2) is 42.2 Å². The first-order valence-electron chi connectivity index (χ1n) is 8.82. The predicted molar refractivity (Wildman–Crippen MR) is 108 cm³/mol. The van der Waals surface area contributed by atoms with E-state index >= 15 is 0 Å². The number of hydrogen-bond acceptors (Lipinski definition) is 4. The van der Waals surface area contributed by atoms with Crippen molar-refractivity contribution in [3.63, 3.8) is 0 Å². The average molecular weight is 487 g/mol. The van der Waals surface area contributed by atoms with Crippen molar-refractivity contribution in [2.24, 2.45) is 18.7 Å². The molecule has 0 unspecified atom stereocenters. The molecule has 1 aromatic heterocycles. The third-order valence-electron chi connectivity index (χ3n) is 4.88. The second kappa shape index (κ2) is 8.25. The Morgan fingerprint density at radius 2 is 1.90 bits per heavy atom. The number of aromatic nitrogens is 1. The molecule has 1 fully saturated rings. The van der Waals surface area contributed by atoms with Gasteiger partial charge in [0.2, 0.25) is 15.9 Å². The molecule has 2 heterocycles. The maximum atomic E-state index is 13.9. The Kier molecular flexibility index (Phi) is 6.11. The fraction of sp³-hybridized carbons (Fsp3) is 0.333. The van der Waals surface area contributed by atoms with Gasteiger partial charge >= 0.3 is 0 Å². The molecule has 29 heavy (non-hydrogen) atoms. The van der Waals surface area contributed by atoms with Gasteiger partial charge in [0.05, 0.1) is 5.69 Å². The molecule has 0 aliphatic carbocycles. The number of sulfonamides is 1. The molecule has 0 spiro atoms. The standard InChI is InChI=1S/C18H20BrFN4O4S/c1-23-10-13(9-16(23)17(21)25)29(27,28)24-6-4-11(5-7-24)18(26)22-15-3-2-12(19)8-14(15)20/h2-3,8-11H,4-7H2,1H3,(H2,21,25)(H,22,26). The Bertz CT molecular complexity index is 1060. The summed E-state index contributed by atoms with van der Waals surface area (Å²) in [6.07, 6.45) is 1.95. The number of nitrogens with two attached hydrogens (primary N) is 1. The zero-order valence-corrected chi connectivity index (χ0v) is 18.0. The van der Waals surface area contributed by atoms with E-state index in [0.717, 1.165) is 0 Å². The minimum Gasteiger partial charge on any atom is -0.364 e. The summed E-state index contributed by atoms with van der Waals surface area (Å²) in [5.74, 6) is -2.05. The first-order valence-corrected chi connectivity index (χ1v) is 11.0. The Morgan fingerprint density at radius 3 is 2.45 bits per heavy atom. The van der Waals surface area contributed by atoms with Gasteiger partial charge in [-0.2, -0.15) is 4.31 Å². The van der Waals surface area contributed by atoms with E-state index in [-0.39, 0.29) is 35.3 Å². The van der Waals surface area contributed by atoms with Crippen LogP contribution >= 0.6 is 15.9 Å². The third kappa shape index (κ3) is 4.51. The minimum atomic E-state index is -3.81. The van der Waals surface area contributed by atoms with Gasteiger partial charge in [0, 0.05) is 36.7 Å². The number of carbonyl (C=O) groups is 2. The smallest absolute Gasteiger partial charge is 0.265 e. The summed E-state index contributed by atoms with van der Waals surface area (Å²) in [6.45, 7) is 0.286. The van der Waals surface area contributed by atoms with Crippen LogP contribution < -0.4 is 11.1 Å². The number of rotatable bonds is 5. The van der Waals surface area contributed by atoms with E-state index in [9.17, 15) is 22.4 Å². The van der Waals surface area contributed by atoms with E-state index in [1.165, 1.54) is 40.3 Å². The van der Waals surface area contributed by atoms with Crippen LogP contribution in [0.5, 0.6) is 0 Å². The molecule has 0 bridgehead atoms. The van der Waals surface area contributed by atoms with Gasteiger partial charge in [0.25, 0.3) is 5.91 Å². The van der Waals surface area contributed by atoms with Crippen molar-refractivity contribution >= 4 is 43.5 Å². The molecule has 8 nitrogen and oxygen atoms in total. The van der Waals surface area contributed by atoms with Gasteiger partial charge < -0.3 is 15.6 Å². The van der Waals surface area contributed by atoms with Crippen molar-refractivity contribution < 1.29 is 22.4 Å². The zero-order valence-electron chi connectivity index (χ0n) is 15.6. The summed E-state index contributed by atoms with van der Waals surface area (Å²) >= 11 is 3.16. The monoisotopic (exact) mass is 486 g/mol. The Hall–Kier alpha value is -2.24. The number of piperidine rings is 1. The summed E-state index contributed by atoms with van der Waals surface area (Å²) in [4.78, 5) is 23.8. The van der Waals surface area contributed by atoms with E-state index in [1.54, 1.807) is 6.07 Å². The number of amides is 2. The summed E-state index contributed by atoms with van der Waals surface area (Å²) in [5, 5.41) is 2.56. The molecule has 0 radical (unpaired) electrons. The number of halogens is 2. The van der Waals surface area contributed by atoms with Crippen LogP contribution in [0.2, 0.25) is 0 Å². The number of nitrogens with zero attached hydrogens (tertiary/aromatic N) is 2. The average Bonchev–Trinajstić information content (AvgIpc) is 3.07. The van der Waals surface area contributed by atoms with E-state index < -0.39 is 27.7 Å². The van der Waals surface area contributed by atoms with Crippen molar-refractivity contribution in [2.75, 3.05) is 18.4 Å². The lowest BCUT2D eigenvalue weighted by Gasteiger charge is -2.30. The molecular weight excluding hydrogens is 467 g/mol. The van der Waals surface area contributed by atoms with E-state index in [1.807, 2.05) is 0 Å². The zero-order chi connectivity index (χ0) is 21.3. The first-order chi connectivity index (χ1) is 13.6. The molecule has 1 aliphatic heterocycles. The predicted octanol–water partition coefficient (Wildman–Crippen LogP) is 2.06. The van der Waals surface area contributed by atoms with E-state index in [2.05, 4.69) is 21.2 Å². The molecule has 1 aliphatic rings. The van der Waals surface area contributed by atoms with Gasteiger partial charge in [-0.05, 0) is 37.1 Å². The fourth-order valence-corrected chi connectivity index (χ4v) is 5.13. The van der Waals surface area contributed by atoms with Gasteiger partial charge in [-0.1, -0.05) is 15.9 Å². The molecule has 1 aromatic carbocycles. The second-order valence-electron chi connectivity index (χ2n) is 6.83. The van der Waals surface area contributed by atoms with Crippen molar-refractivity contribution in [3.8, 4) is 0 Å². The molecule has 2 aromatic rings. The number of aryl methyl sites for hydroxylation is 1. The van der Waals surface area contributed by atoms with Crippen molar-refractivity contribution in [2.45, 2.75) is 17.7 Å². The first kappa shape index (κ1) is 21.5. The second-order valence-corrected chi connectivity index (χ2v) is 9.68.